The highest BCUT2D eigenvalue weighted by molar-refractivity contribution is 5.91. The number of halogens is 1. The number of nitrogens with zero attached hydrogens (tertiary/aromatic N) is 3. The summed E-state index contributed by atoms with van der Waals surface area (Å²) in [5, 5.41) is 16.7. The van der Waals surface area contributed by atoms with Gasteiger partial charge in [0.15, 0.2) is 5.76 Å². The second kappa shape index (κ2) is 6.91. The van der Waals surface area contributed by atoms with Crippen molar-refractivity contribution in [2.45, 2.75) is 12.8 Å². The Kier molecular flexibility index (Phi) is 4.50. The highest BCUT2D eigenvalue weighted by Crippen LogP contribution is 2.21. The Labute approximate surface area is 139 Å². The summed E-state index contributed by atoms with van der Waals surface area (Å²) in [5.74, 6) is -0.418. The van der Waals surface area contributed by atoms with Crippen molar-refractivity contribution in [2.75, 3.05) is 5.32 Å². The van der Waals surface area contributed by atoms with Crippen LogP contribution in [0.2, 0.25) is 0 Å². The number of non-ortho nitro benzene ring substituents is 1. The van der Waals surface area contributed by atoms with Gasteiger partial charge in [-0.05, 0) is 18.2 Å². The van der Waals surface area contributed by atoms with Crippen LogP contribution in [0.15, 0.2) is 45.5 Å². The van der Waals surface area contributed by atoms with E-state index >= 15 is 0 Å². The van der Waals surface area contributed by atoms with E-state index in [-0.39, 0.29) is 35.9 Å². The van der Waals surface area contributed by atoms with Gasteiger partial charge < -0.3 is 14.3 Å². The molecule has 0 spiro atoms. The lowest BCUT2D eigenvalue weighted by Gasteiger charge is -2.05. The van der Waals surface area contributed by atoms with Gasteiger partial charge in [0.05, 0.1) is 16.9 Å². The van der Waals surface area contributed by atoms with E-state index in [2.05, 4.69) is 15.5 Å². The lowest BCUT2D eigenvalue weighted by atomic mass is 10.2. The fraction of sp³-hybridized carbons (Fsp3) is 0.133. The van der Waals surface area contributed by atoms with Gasteiger partial charge in [-0.1, -0.05) is 5.16 Å². The molecule has 0 aliphatic rings. The maximum absolute atomic E-state index is 13.6. The van der Waals surface area contributed by atoms with Crippen molar-refractivity contribution in [1.29, 1.82) is 0 Å². The maximum atomic E-state index is 13.6. The van der Waals surface area contributed by atoms with Crippen LogP contribution >= 0.6 is 0 Å². The summed E-state index contributed by atoms with van der Waals surface area (Å²) in [6.45, 7) is 0. The van der Waals surface area contributed by atoms with Gasteiger partial charge in [-0.25, -0.2) is 4.39 Å². The number of aryl methyl sites for hydroxylation is 1. The van der Waals surface area contributed by atoms with E-state index < -0.39 is 16.6 Å². The fourth-order valence-electron chi connectivity index (χ4n) is 2.02. The molecule has 2 aromatic heterocycles. The molecule has 0 aliphatic heterocycles. The molecule has 0 saturated carbocycles. The number of furan rings is 1. The van der Waals surface area contributed by atoms with E-state index in [1.165, 1.54) is 6.26 Å². The molecule has 0 fully saturated rings. The van der Waals surface area contributed by atoms with Crippen molar-refractivity contribution in [3.63, 3.8) is 0 Å². The normalized spacial score (nSPS) is 10.6. The molecule has 0 radical (unpaired) electrons. The third kappa shape index (κ3) is 3.86. The first-order valence-corrected chi connectivity index (χ1v) is 7.13. The van der Waals surface area contributed by atoms with Crippen LogP contribution in [0.1, 0.15) is 12.3 Å². The number of aromatic nitrogens is 2. The lowest BCUT2D eigenvalue weighted by molar-refractivity contribution is -0.384. The number of nitro groups is 1. The summed E-state index contributed by atoms with van der Waals surface area (Å²) < 4.78 is 23.7. The third-order valence-corrected chi connectivity index (χ3v) is 3.21. The standard InChI is InChI=1S/C15H11FN4O5/c16-10-4-3-9(20(22)23)8-11(10)17-13(21)5-6-14-18-15(19-25-14)12-2-1-7-24-12/h1-4,7-8H,5-6H2,(H,17,21). The lowest BCUT2D eigenvalue weighted by Crippen LogP contribution is -2.13. The number of benzene rings is 1. The first kappa shape index (κ1) is 16.3. The molecule has 1 amide bonds. The number of carbonyl (C=O) groups is 1. The number of nitro benzene ring substituents is 1. The summed E-state index contributed by atoms with van der Waals surface area (Å²) in [6, 6.07) is 6.22. The van der Waals surface area contributed by atoms with Gasteiger partial charge in [-0.3, -0.25) is 14.9 Å². The molecule has 1 aromatic carbocycles. The number of nitrogens with one attached hydrogen (secondary N) is 1. The molecule has 0 atom stereocenters. The summed E-state index contributed by atoms with van der Waals surface area (Å²) in [4.78, 5) is 26.0. The highest BCUT2D eigenvalue weighted by Gasteiger charge is 2.15. The van der Waals surface area contributed by atoms with Crippen molar-refractivity contribution < 1.29 is 23.0 Å². The summed E-state index contributed by atoms with van der Waals surface area (Å²) in [6.07, 6.45) is 1.52. The average molecular weight is 346 g/mol. The Bertz CT molecular complexity index is 907. The van der Waals surface area contributed by atoms with E-state index in [0.29, 0.717) is 5.76 Å². The minimum Gasteiger partial charge on any atom is -0.461 e. The van der Waals surface area contributed by atoms with E-state index in [1.54, 1.807) is 12.1 Å². The van der Waals surface area contributed by atoms with E-state index in [4.69, 9.17) is 8.94 Å². The van der Waals surface area contributed by atoms with Crippen LogP contribution in [0.25, 0.3) is 11.6 Å². The van der Waals surface area contributed by atoms with E-state index in [9.17, 15) is 19.3 Å². The topological polar surface area (TPSA) is 124 Å². The molecule has 25 heavy (non-hydrogen) atoms. The quantitative estimate of drug-likeness (QED) is 0.537. The molecule has 0 saturated heterocycles. The summed E-state index contributed by atoms with van der Waals surface area (Å²) >= 11 is 0. The molecular formula is C15H11FN4O5. The molecule has 10 heteroatoms. The number of hydrogen-bond donors (Lipinski definition) is 1. The van der Waals surface area contributed by atoms with Gasteiger partial charge in [-0.2, -0.15) is 4.98 Å². The van der Waals surface area contributed by atoms with Crippen molar-refractivity contribution in [1.82, 2.24) is 10.1 Å². The zero-order valence-corrected chi connectivity index (χ0v) is 12.6. The van der Waals surface area contributed by atoms with Crippen molar-refractivity contribution >= 4 is 17.3 Å². The van der Waals surface area contributed by atoms with Gasteiger partial charge in [0.1, 0.15) is 5.82 Å². The zero-order chi connectivity index (χ0) is 17.8. The summed E-state index contributed by atoms with van der Waals surface area (Å²) in [7, 11) is 0. The predicted molar refractivity (Wildman–Crippen MR) is 82.0 cm³/mol. The molecule has 0 unspecified atom stereocenters. The Morgan fingerprint density at radius 2 is 2.20 bits per heavy atom. The monoisotopic (exact) mass is 346 g/mol. The Morgan fingerprint density at radius 1 is 1.36 bits per heavy atom. The van der Waals surface area contributed by atoms with E-state index in [0.717, 1.165) is 18.2 Å². The van der Waals surface area contributed by atoms with Crippen LogP contribution in [-0.4, -0.2) is 21.0 Å². The average Bonchev–Trinajstić information content (AvgIpc) is 3.26. The molecule has 0 aliphatic carbocycles. The van der Waals surface area contributed by atoms with Gasteiger partial charge in [0.2, 0.25) is 17.6 Å². The van der Waals surface area contributed by atoms with Crippen molar-refractivity contribution in [2.24, 2.45) is 0 Å². The molecule has 0 bridgehead atoms. The van der Waals surface area contributed by atoms with E-state index in [1.807, 2.05) is 0 Å². The first-order chi connectivity index (χ1) is 12.0. The van der Waals surface area contributed by atoms with Crippen LogP contribution in [0.3, 0.4) is 0 Å². The molecule has 3 aromatic rings. The first-order valence-electron chi connectivity index (χ1n) is 7.13. The van der Waals surface area contributed by atoms with Gasteiger partial charge in [0, 0.05) is 25.0 Å². The SMILES string of the molecule is O=C(CCc1nc(-c2ccco2)no1)Nc1cc([N+](=O)[O-])ccc1F. The smallest absolute Gasteiger partial charge is 0.271 e. The summed E-state index contributed by atoms with van der Waals surface area (Å²) in [5.41, 5.74) is -0.585. The number of hydrogen-bond acceptors (Lipinski definition) is 7. The fourth-order valence-corrected chi connectivity index (χ4v) is 2.02. The minimum absolute atomic E-state index is 0.0675. The van der Waals surface area contributed by atoms with Crippen molar-refractivity contribution in [3.8, 4) is 11.6 Å². The van der Waals surface area contributed by atoms with Gasteiger partial charge in [-0.15, -0.1) is 0 Å². The van der Waals surface area contributed by atoms with Crippen LogP contribution in [-0.2, 0) is 11.2 Å². The molecule has 1 N–H and O–H groups in total. The number of rotatable bonds is 6. The largest absolute Gasteiger partial charge is 0.461 e. The number of carbonyl (C=O) groups excluding carboxylic acids is 1. The van der Waals surface area contributed by atoms with Crippen LogP contribution in [0.4, 0.5) is 15.8 Å². The van der Waals surface area contributed by atoms with Crippen LogP contribution in [0.5, 0.6) is 0 Å². The molecule has 2 heterocycles. The minimum atomic E-state index is -0.767. The van der Waals surface area contributed by atoms with Crippen molar-refractivity contribution in [3.05, 3.63) is 58.4 Å². The molecule has 128 valence electrons. The predicted octanol–water partition coefficient (Wildman–Crippen LogP) is 2.95. The number of anilines is 1. The highest BCUT2D eigenvalue weighted by atomic mass is 19.1. The second-order valence-electron chi connectivity index (χ2n) is 4.96. The van der Waals surface area contributed by atoms with Crippen LogP contribution in [0, 0.1) is 15.9 Å². The number of amides is 1. The molecular weight excluding hydrogens is 335 g/mol. The van der Waals surface area contributed by atoms with Gasteiger partial charge in [0.25, 0.3) is 5.69 Å². The molecule has 3 rings (SSSR count). The third-order valence-electron chi connectivity index (χ3n) is 3.21. The Morgan fingerprint density at radius 3 is 2.92 bits per heavy atom. The Hall–Kier alpha value is -3.56. The van der Waals surface area contributed by atoms with Crippen LogP contribution < -0.4 is 5.32 Å². The maximum Gasteiger partial charge on any atom is 0.271 e. The second-order valence-corrected chi connectivity index (χ2v) is 4.96. The Balaban J connectivity index is 1.60. The molecule has 9 nitrogen and oxygen atoms in total. The van der Waals surface area contributed by atoms with Gasteiger partial charge >= 0.3 is 0 Å². The zero-order valence-electron chi connectivity index (χ0n) is 12.6.